The molecule has 26 heavy (non-hydrogen) atoms. The lowest BCUT2D eigenvalue weighted by molar-refractivity contribution is 0.0772. The predicted octanol–water partition coefficient (Wildman–Crippen LogP) is 6.33. The summed E-state index contributed by atoms with van der Waals surface area (Å²) in [6.45, 7) is 28.7. The van der Waals surface area contributed by atoms with Gasteiger partial charge >= 0.3 is 0 Å². The molecule has 2 atom stereocenters. The van der Waals surface area contributed by atoms with Gasteiger partial charge in [-0.05, 0) is 65.5 Å². The Kier molecular flexibility index (Phi) is 9.33. The third-order valence-corrected chi connectivity index (χ3v) is 19.2. The molecular formula is C19H44O3Si4. The molecule has 7 heteroatoms. The molecule has 1 unspecified atom stereocenters. The molecule has 0 heterocycles. The zero-order chi connectivity index (χ0) is 21.0. The van der Waals surface area contributed by atoms with Gasteiger partial charge < -0.3 is 13.3 Å². The van der Waals surface area contributed by atoms with E-state index in [1.807, 2.05) is 12.2 Å². The smallest absolute Gasteiger partial charge is 0.273 e. The summed E-state index contributed by atoms with van der Waals surface area (Å²) >= 11 is 0. The third-order valence-electron chi connectivity index (χ3n) is 6.62. The summed E-state index contributed by atoms with van der Waals surface area (Å²) in [6.07, 6.45) is 1.94. The second kappa shape index (κ2) is 9.22. The Balaban J connectivity index is 5.73. The molecule has 0 spiro atoms. The van der Waals surface area contributed by atoms with Crippen molar-refractivity contribution in [3.05, 3.63) is 12.3 Å². The van der Waals surface area contributed by atoms with Crippen LogP contribution in [0.3, 0.4) is 0 Å². The van der Waals surface area contributed by atoms with Crippen LogP contribution in [0.4, 0.5) is 0 Å². The fourth-order valence-corrected chi connectivity index (χ4v) is 16.1. The molecule has 0 N–H and O–H groups in total. The average molecular weight is 433 g/mol. The highest BCUT2D eigenvalue weighted by molar-refractivity contribution is 6.83. The summed E-state index contributed by atoms with van der Waals surface area (Å²) in [6, 6.07) is 1.91. The average Bonchev–Trinajstić information content (AvgIpc) is 2.51. The quantitative estimate of drug-likeness (QED) is 0.338. The third kappa shape index (κ3) is 6.44. The highest BCUT2D eigenvalue weighted by Crippen LogP contribution is 2.40. The van der Waals surface area contributed by atoms with Crippen LogP contribution < -0.4 is 0 Å². The van der Waals surface area contributed by atoms with Gasteiger partial charge in [-0.25, -0.2) is 0 Å². The maximum Gasteiger partial charge on any atom is 0.273 e. The van der Waals surface area contributed by atoms with Crippen LogP contribution >= 0.6 is 0 Å². The Morgan fingerprint density at radius 3 is 1.77 bits per heavy atom. The molecule has 0 saturated carbocycles. The summed E-state index contributed by atoms with van der Waals surface area (Å²) in [4.78, 5) is 0. The van der Waals surface area contributed by atoms with E-state index in [9.17, 15) is 4.46 Å². The second-order valence-electron chi connectivity index (χ2n) is 9.78. The minimum absolute atomic E-state index is 0.125. The van der Waals surface area contributed by atoms with E-state index in [2.05, 4.69) is 73.6 Å². The van der Waals surface area contributed by atoms with Gasteiger partial charge in [-0.2, -0.15) is 0 Å². The fourth-order valence-electron chi connectivity index (χ4n) is 3.36. The Labute approximate surface area is 167 Å². The second-order valence-corrected chi connectivity index (χ2v) is 25.1. The summed E-state index contributed by atoms with van der Waals surface area (Å²) in [7, 11) is -7.23. The van der Waals surface area contributed by atoms with Crippen LogP contribution in [0.1, 0.15) is 40.5 Å². The van der Waals surface area contributed by atoms with Crippen molar-refractivity contribution in [2.24, 2.45) is 0 Å². The van der Waals surface area contributed by atoms with Gasteiger partial charge in [0, 0.05) is 5.22 Å². The van der Waals surface area contributed by atoms with Crippen molar-refractivity contribution in [2.45, 2.75) is 109 Å². The van der Waals surface area contributed by atoms with Crippen LogP contribution in [0.15, 0.2) is 12.3 Å². The van der Waals surface area contributed by atoms with Crippen molar-refractivity contribution < 1.29 is 13.3 Å². The molecular weight excluding hydrogens is 389 g/mol. The van der Waals surface area contributed by atoms with Crippen molar-refractivity contribution >= 4 is 33.4 Å². The fraction of sp³-hybridized carbons (Fsp3) is 0.895. The topological polar surface area (TPSA) is 35.5 Å². The number of hydrogen-bond acceptors (Lipinski definition) is 3. The Morgan fingerprint density at radius 1 is 0.962 bits per heavy atom. The highest BCUT2D eigenvalue weighted by Gasteiger charge is 2.53. The standard InChI is InChI=1S/C19H44O3Si4/c1-13-18(4,24(7,8)17-16-23(6)20)22-26(11,12)19(5,14-2)21-25(9,10)15-3/h15H,3,13-14,16-17H2,1-2,4-12H3/t18-,19?/m0/s1. The summed E-state index contributed by atoms with van der Waals surface area (Å²) in [5, 5.41) is -0.365. The minimum Gasteiger partial charge on any atom is -0.412 e. The van der Waals surface area contributed by atoms with Gasteiger partial charge in [0.1, 0.15) is 0 Å². The van der Waals surface area contributed by atoms with E-state index >= 15 is 0 Å². The monoisotopic (exact) mass is 432 g/mol. The van der Waals surface area contributed by atoms with Crippen molar-refractivity contribution in [1.82, 2.24) is 0 Å². The van der Waals surface area contributed by atoms with Crippen LogP contribution in [0.25, 0.3) is 0 Å². The Morgan fingerprint density at radius 2 is 1.42 bits per heavy atom. The van der Waals surface area contributed by atoms with Crippen molar-refractivity contribution in [1.29, 1.82) is 0 Å². The minimum atomic E-state index is -2.18. The van der Waals surface area contributed by atoms with E-state index in [1.165, 1.54) is 0 Å². The van der Waals surface area contributed by atoms with E-state index in [-0.39, 0.29) is 10.4 Å². The van der Waals surface area contributed by atoms with Crippen LogP contribution in [0.5, 0.6) is 0 Å². The van der Waals surface area contributed by atoms with Crippen LogP contribution in [0.2, 0.25) is 57.9 Å². The molecule has 0 aromatic carbocycles. The first kappa shape index (κ1) is 26.3. The number of hydrogen-bond donors (Lipinski definition) is 0. The van der Waals surface area contributed by atoms with E-state index < -0.39 is 33.4 Å². The lowest BCUT2D eigenvalue weighted by Crippen LogP contribution is -2.66. The van der Waals surface area contributed by atoms with Crippen molar-refractivity contribution in [3.63, 3.8) is 0 Å². The Bertz CT molecular complexity index is 505. The molecule has 154 valence electrons. The maximum atomic E-state index is 11.7. The van der Waals surface area contributed by atoms with Gasteiger partial charge in [0.25, 0.3) is 8.68 Å². The molecule has 0 aliphatic rings. The van der Waals surface area contributed by atoms with E-state index in [0.29, 0.717) is 0 Å². The van der Waals surface area contributed by atoms with Crippen LogP contribution in [-0.2, 0) is 13.3 Å². The molecule has 0 aromatic rings. The molecule has 0 fully saturated rings. The molecule has 0 radical (unpaired) electrons. The molecule has 0 saturated heterocycles. The van der Waals surface area contributed by atoms with E-state index in [4.69, 9.17) is 8.85 Å². The summed E-state index contributed by atoms with van der Waals surface area (Å²) < 4.78 is 25.5. The molecule has 0 amide bonds. The van der Waals surface area contributed by atoms with Gasteiger partial charge in [-0.15, -0.1) is 6.58 Å². The van der Waals surface area contributed by atoms with Gasteiger partial charge in [-0.3, -0.25) is 0 Å². The molecule has 0 aromatic heterocycles. The molecule has 0 aliphatic carbocycles. The first-order chi connectivity index (χ1) is 11.5. The molecule has 3 nitrogen and oxygen atoms in total. The van der Waals surface area contributed by atoms with Crippen molar-refractivity contribution in [2.75, 3.05) is 0 Å². The van der Waals surface area contributed by atoms with Crippen LogP contribution in [-0.4, -0.2) is 43.8 Å². The van der Waals surface area contributed by atoms with Gasteiger partial charge in [0.05, 0.1) is 13.3 Å². The lowest BCUT2D eigenvalue weighted by Gasteiger charge is -2.53. The Hall–Kier alpha value is 0.328. The van der Waals surface area contributed by atoms with Gasteiger partial charge in [0.2, 0.25) is 16.6 Å². The van der Waals surface area contributed by atoms with E-state index in [0.717, 1.165) is 24.9 Å². The first-order valence-corrected chi connectivity index (χ1v) is 21.3. The van der Waals surface area contributed by atoms with Gasteiger partial charge in [-0.1, -0.05) is 38.7 Å². The highest BCUT2D eigenvalue weighted by atomic mass is 28.4. The molecule has 0 rings (SSSR count). The zero-order valence-electron chi connectivity index (χ0n) is 19.3. The largest absolute Gasteiger partial charge is 0.412 e. The van der Waals surface area contributed by atoms with Gasteiger partial charge in [0.15, 0.2) is 0 Å². The number of rotatable bonds is 12. The van der Waals surface area contributed by atoms with E-state index in [1.54, 1.807) is 0 Å². The predicted molar refractivity (Wildman–Crippen MR) is 124 cm³/mol. The maximum absolute atomic E-state index is 11.7. The lowest BCUT2D eigenvalue weighted by atomic mass is 10.3. The molecule has 0 aliphatic heterocycles. The molecule has 0 bridgehead atoms. The van der Waals surface area contributed by atoms with Crippen molar-refractivity contribution in [3.8, 4) is 0 Å². The summed E-state index contributed by atoms with van der Waals surface area (Å²) in [5.74, 6) is 0. The zero-order valence-corrected chi connectivity index (χ0v) is 23.3. The van der Waals surface area contributed by atoms with Crippen LogP contribution in [0, 0.1) is 0 Å². The normalized spacial score (nSPS) is 18.1. The first-order valence-electron chi connectivity index (χ1n) is 10.0. The SMILES string of the molecule is C=C[Si](C)(C)OC(C)(CC)[Si](C)(C)O[C@](C)(CC)[Si](C)(C)CC[Si](C)=O. The summed E-state index contributed by atoms with van der Waals surface area (Å²) in [5.41, 5.74) is 2.02.